The highest BCUT2D eigenvalue weighted by Crippen LogP contribution is 2.36. The Morgan fingerprint density at radius 3 is 2.30 bits per heavy atom. The van der Waals surface area contributed by atoms with Crippen molar-refractivity contribution in [1.29, 1.82) is 0 Å². The third kappa shape index (κ3) is 6.08. The van der Waals surface area contributed by atoms with Crippen LogP contribution in [0.2, 0.25) is 0 Å². The van der Waals surface area contributed by atoms with Crippen molar-refractivity contribution >= 4 is 28.2 Å². The molecule has 3 aromatic rings. The van der Waals surface area contributed by atoms with Gasteiger partial charge in [0.25, 0.3) is 0 Å². The molecule has 2 saturated carbocycles. The van der Waals surface area contributed by atoms with Gasteiger partial charge in [-0.15, -0.1) is 0 Å². The Bertz CT molecular complexity index is 1250. The third-order valence-electron chi connectivity index (χ3n) is 8.25. The van der Waals surface area contributed by atoms with Gasteiger partial charge in [0.05, 0.1) is 0 Å². The van der Waals surface area contributed by atoms with Crippen LogP contribution in [0.15, 0.2) is 66.7 Å². The van der Waals surface area contributed by atoms with Crippen LogP contribution in [-0.2, 0) is 22.4 Å². The molecule has 0 heterocycles. The molecular formula is C32H35F2NO2. The number of Topliss-reactive ketones (excluding diaryl/α,β-unsaturated/α-hetero) is 1. The minimum absolute atomic E-state index is 0.180. The maximum absolute atomic E-state index is 14.2. The molecule has 0 spiro atoms. The monoisotopic (exact) mass is 503 g/mol. The fraction of sp³-hybridized carbons (Fsp3) is 0.438. The summed E-state index contributed by atoms with van der Waals surface area (Å²) >= 11 is 0. The SMILES string of the molecule is O=C([C@H]1CCC(=O)C(F)(F)C1)N(CCc1ccc2ccccc2c1)c1ccc(CCC2CCCC2)cc1. The first-order valence-electron chi connectivity index (χ1n) is 13.7. The van der Waals surface area contributed by atoms with E-state index < -0.39 is 24.0 Å². The summed E-state index contributed by atoms with van der Waals surface area (Å²) in [5.41, 5.74) is 3.07. The average Bonchev–Trinajstić information content (AvgIpc) is 3.43. The van der Waals surface area contributed by atoms with Gasteiger partial charge in [0.1, 0.15) is 0 Å². The molecule has 5 heteroatoms. The first kappa shape index (κ1) is 25.6. The number of carbonyl (C=O) groups excluding carboxylic acids is 2. The van der Waals surface area contributed by atoms with Gasteiger partial charge in [0.2, 0.25) is 11.7 Å². The number of rotatable bonds is 8. The number of ketones is 1. The number of amides is 1. The number of alkyl halides is 2. The number of nitrogens with zero attached hydrogens (tertiary/aromatic N) is 1. The fourth-order valence-electron chi connectivity index (χ4n) is 5.96. The second-order valence-corrected chi connectivity index (χ2v) is 10.8. The summed E-state index contributed by atoms with van der Waals surface area (Å²) in [6.45, 7) is 0.397. The Morgan fingerprint density at radius 2 is 1.57 bits per heavy atom. The smallest absolute Gasteiger partial charge is 0.306 e. The van der Waals surface area contributed by atoms with Crippen LogP contribution in [0.5, 0.6) is 0 Å². The Labute approximate surface area is 217 Å². The highest BCUT2D eigenvalue weighted by atomic mass is 19.3. The summed E-state index contributed by atoms with van der Waals surface area (Å²) in [5, 5.41) is 2.29. The van der Waals surface area contributed by atoms with Gasteiger partial charge in [0, 0.05) is 31.0 Å². The molecule has 0 N–H and O–H groups in total. The van der Waals surface area contributed by atoms with Crippen molar-refractivity contribution in [1.82, 2.24) is 0 Å². The van der Waals surface area contributed by atoms with Gasteiger partial charge in [-0.2, -0.15) is 8.78 Å². The van der Waals surface area contributed by atoms with E-state index in [1.165, 1.54) is 37.7 Å². The predicted octanol–water partition coefficient (Wildman–Crippen LogP) is 7.54. The highest BCUT2D eigenvalue weighted by molar-refractivity contribution is 5.97. The molecule has 194 valence electrons. The molecule has 0 radical (unpaired) electrons. The number of hydrogen-bond acceptors (Lipinski definition) is 2. The molecule has 3 nitrogen and oxygen atoms in total. The zero-order chi connectivity index (χ0) is 25.8. The van der Waals surface area contributed by atoms with E-state index in [4.69, 9.17) is 0 Å². The lowest BCUT2D eigenvalue weighted by Crippen LogP contribution is -2.44. The number of halogens is 2. The van der Waals surface area contributed by atoms with Crippen LogP contribution < -0.4 is 4.90 Å². The minimum Gasteiger partial charge on any atom is -0.312 e. The van der Waals surface area contributed by atoms with Crippen LogP contribution in [0, 0.1) is 11.8 Å². The molecule has 0 saturated heterocycles. The van der Waals surface area contributed by atoms with E-state index in [2.05, 4.69) is 42.5 Å². The van der Waals surface area contributed by atoms with Crippen LogP contribution in [0.4, 0.5) is 14.5 Å². The zero-order valence-electron chi connectivity index (χ0n) is 21.3. The van der Waals surface area contributed by atoms with E-state index in [9.17, 15) is 18.4 Å². The molecule has 5 rings (SSSR count). The number of anilines is 1. The van der Waals surface area contributed by atoms with Crippen molar-refractivity contribution in [2.45, 2.75) is 70.1 Å². The van der Waals surface area contributed by atoms with E-state index in [1.807, 2.05) is 24.3 Å². The normalized spacial score (nSPS) is 19.8. The zero-order valence-corrected chi connectivity index (χ0v) is 21.3. The van der Waals surface area contributed by atoms with Crippen molar-refractivity contribution in [2.24, 2.45) is 11.8 Å². The Hall–Kier alpha value is -3.08. The molecule has 2 aliphatic carbocycles. The second kappa shape index (κ2) is 11.1. The highest BCUT2D eigenvalue weighted by Gasteiger charge is 2.47. The quantitative estimate of drug-likeness (QED) is 0.318. The van der Waals surface area contributed by atoms with E-state index >= 15 is 0 Å². The topological polar surface area (TPSA) is 37.4 Å². The largest absolute Gasteiger partial charge is 0.312 e. The van der Waals surface area contributed by atoms with Gasteiger partial charge < -0.3 is 4.90 Å². The van der Waals surface area contributed by atoms with Gasteiger partial charge in [-0.3, -0.25) is 9.59 Å². The summed E-state index contributed by atoms with van der Waals surface area (Å²) in [6, 6.07) is 22.4. The second-order valence-electron chi connectivity index (χ2n) is 10.8. The van der Waals surface area contributed by atoms with Crippen molar-refractivity contribution in [3.63, 3.8) is 0 Å². The summed E-state index contributed by atoms with van der Waals surface area (Å²) < 4.78 is 28.4. The van der Waals surface area contributed by atoms with Crippen LogP contribution in [0.25, 0.3) is 10.8 Å². The van der Waals surface area contributed by atoms with Crippen molar-refractivity contribution < 1.29 is 18.4 Å². The van der Waals surface area contributed by atoms with E-state index in [0.29, 0.717) is 13.0 Å². The Balaban J connectivity index is 1.33. The lowest BCUT2D eigenvalue weighted by Gasteiger charge is -2.32. The molecule has 1 atom stereocenters. The van der Waals surface area contributed by atoms with Gasteiger partial charge in [-0.25, -0.2) is 0 Å². The summed E-state index contributed by atoms with van der Waals surface area (Å²) in [5.74, 6) is -4.83. The summed E-state index contributed by atoms with van der Waals surface area (Å²) in [4.78, 5) is 26.9. The molecule has 0 bridgehead atoms. The molecule has 0 aromatic heterocycles. The molecule has 0 aliphatic heterocycles. The Morgan fingerprint density at radius 1 is 0.865 bits per heavy atom. The van der Waals surface area contributed by atoms with Crippen molar-refractivity contribution in [3.8, 4) is 0 Å². The van der Waals surface area contributed by atoms with Crippen LogP contribution in [0.1, 0.15) is 62.5 Å². The number of benzene rings is 3. The lowest BCUT2D eigenvalue weighted by molar-refractivity contribution is -0.152. The van der Waals surface area contributed by atoms with E-state index in [-0.39, 0.29) is 18.7 Å². The standard InChI is InChI=1S/C32H35F2NO2/c33-32(34)22-28(15-18-30(32)36)31(37)35(20-19-25-11-14-26-7-3-4-8-27(26)21-25)29-16-12-24(13-17-29)10-9-23-5-1-2-6-23/h3-4,7-8,11-14,16-17,21,23,28H,1-2,5-6,9-10,15,18-20,22H2/t28-/m0/s1. The van der Waals surface area contributed by atoms with Gasteiger partial charge in [-0.05, 0) is 65.6 Å². The number of fused-ring (bicyclic) bond motifs is 1. The molecular weight excluding hydrogens is 468 g/mol. The maximum Gasteiger partial charge on any atom is 0.306 e. The van der Waals surface area contributed by atoms with E-state index in [1.54, 1.807) is 4.90 Å². The number of hydrogen-bond donors (Lipinski definition) is 0. The van der Waals surface area contributed by atoms with Crippen LogP contribution in [0.3, 0.4) is 0 Å². The molecule has 1 amide bonds. The van der Waals surface area contributed by atoms with E-state index in [0.717, 1.165) is 34.4 Å². The molecule has 37 heavy (non-hydrogen) atoms. The first-order chi connectivity index (χ1) is 17.9. The number of carbonyl (C=O) groups is 2. The van der Waals surface area contributed by atoms with Crippen LogP contribution >= 0.6 is 0 Å². The minimum atomic E-state index is -3.42. The lowest BCUT2D eigenvalue weighted by atomic mass is 9.84. The number of aryl methyl sites for hydroxylation is 1. The molecule has 0 unspecified atom stereocenters. The van der Waals surface area contributed by atoms with Gasteiger partial charge in [-0.1, -0.05) is 80.3 Å². The molecule has 3 aromatic carbocycles. The fourth-order valence-corrected chi connectivity index (χ4v) is 5.96. The summed E-state index contributed by atoms with van der Waals surface area (Å²) in [7, 11) is 0. The average molecular weight is 504 g/mol. The summed E-state index contributed by atoms with van der Waals surface area (Å²) in [6.07, 6.45) is 7.38. The van der Waals surface area contributed by atoms with Crippen molar-refractivity contribution in [2.75, 3.05) is 11.4 Å². The molecule has 2 aliphatic rings. The first-order valence-corrected chi connectivity index (χ1v) is 13.7. The van der Waals surface area contributed by atoms with Gasteiger partial charge >= 0.3 is 5.92 Å². The maximum atomic E-state index is 14.2. The van der Waals surface area contributed by atoms with Crippen molar-refractivity contribution in [3.05, 3.63) is 77.9 Å². The van der Waals surface area contributed by atoms with Gasteiger partial charge in [0.15, 0.2) is 0 Å². The predicted molar refractivity (Wildman–Crippen MR) is 144 cm³/mol. The Kier molecular flexibility index (Phi) is 7.68. The van der Waals surface area contributed by atoms with Crippen LogP contribution in [-0.4, -0.2) is 24.2 Å². The third-order valence-corrected chi connectivity index (χ3v) is 8.25. The molecule has 2 fully saturated rings.